The van der Waals surface area contributed by atoms with E-state index in [-0.39, 0.29) is 10.6 Å². The second kappa shape index (κ2) is 6.74. The molecule has 0 heterocycles. The minimum atomic E-state index is -0.360. The van der Waals surface area contributed by atoms with Gasteiger partial charge in [-0.3, -0.25) is 10.1 Å². The molecule has 0 aromatic heterocycles. The fourth-order valence-electron chi connectivity index (χ4n) is 2.18. The van der Waals surface area contributed by atoms with Gasteiger partial charge in [0, 0.05) is 43.6 Å². The Bertz CT molecular complexity index is 614. The molecule has 0 fully saturated rings. The summed E-state index contributed by atoms with van der Waals surface area (Å²) in [6.07, 6.45) is 0. The molecule has 0 radical (unpaired) electrons. The zero-order valence-electron chi connectivity index (χ0n) is 12.2. The number of anilines is 2. The summed E-state index contributed by atoms with van der Waals surface area (Å²) in [6, 6.07) is 15.1. The number of nitrogens with one attached hydrogen (secondary N) is 1. The monoisotopic (exact) mass is 285 g/mol. The molecular formula is C16H19N3O2. The summed E-state index contributed by atoms with van der Waals surface area (Å²) < 4.78 is 0. The van der Waals surface area contributed by atoms with E-state index in [0.717, 1.165) is 23.5 Å². The summed E-state index contributed by atoms with van der Waals surface area (Å²) in [7, 11) is 1.93. The van der Waals surface area contributed by atoms with Gasteiger partial charge in [-0.05, 0) is 18.6 Å². The molecule has 0 aliphatic carbocycles. The number of benzene rings is 2. The lowest BCUT2D eigenvalue weighted by atomic mass is 10.2. The van der Waals surface area contributed by atoms with E-state index in [2.05, 4.69) is 5.32 Å². The molecule has 1 N–H and O–H groups in total. The van der Waals surface area contributed by atoms with Gasteiger partial charge in [0.05, 0.1) is 4.92 Å². The number of nitro benzene ring substituents is 1. The van der Waals surface area contributed by atoms with E-state index >= 15 is 0 Å². The fourth-order valence-corrected chi connectivity index (χ4v) is 2.18. The predicted molar refractivity (Wildman–Crippen MR) is 85.8 cm³/mol. The molecule has 110 valence electrons. The Hall–Kier alpha value is -2.56. The van der Waals surface area contributed by atoms with Gasteiger partial charge in [0.1, 0.15) is 0 Å². The summed E-state index contributed by atoms with van der Waals surface area (Å²) in [6.45, 7) is 3.39. The van der Waals surface area contributed by atoms with Crippen molar-refractivity contribution in [2.24, 2.45) is 0 Å². The molecule has 0 saturated heterocycles. The minimum Gasteiger partial charge on any atom is -0.385 e. The van der Waals surface area contributed by atoms with Gasteiger partial charge < -0.3 is 10.2 Å². The van der Waals surface area contributed by atoms with Crippen LogP contribution in [0.5, 0.6) is 0 Å². The third-order valence-electron chi connectivity index (χ3n) is 3.20. The number of nitrogens with zero attached hydrogens (tertiary/aromatic N) is 2. The van der Waals surface area contributed by atoms with Crippen LogP contribution in [0.1, 0.15) is 12.5 Å². The number of hydrogen-bond donors (Lipinski definition) is 1. The van der Waals surface area contributed by atoms with Crippen molar-refractivity contribution in [3.63, 3.8) is 0 Å². The molecule has 2 aromatic carbocycles. The van der Waals surface area contributed by atoms with Crippen molar-refractivity contribution in [1.82, 2.24) is 0 Å². The number of non-ortho nitro benzene ring substituents is 1. The molecule has 2 aromatic rings. The quantitative estimate of drug-likeness (QED) is 0.650. The maximum atomic E-state index is 11.0. The molecule has 2 rings (SSSR count). The highest BCUT2D eigenvalue weighted by molar-refractivity contribution is 5.64. The van der Waals surface area contributed by atoms with Gasteiger partial charge in [0.15, 0.2) is 0 Å². The first-order chi connectivity index (χ1) is 10.1. The Balaban J connectivity index is 2.26. The van der Waals surface area contributed by atoms with E-state index < -0.39 is 0 Å². The first-order valence-electron chi connectivity index (χ1n) is 6.88. The molecule has 5 heteroatoms. The van der Waals surface area contributed by atoms with Crippen LogP contribution in [0.25, 0.3) is 0 Å². The molecule has 5 nitrogen and oxygen atoms in total. The SMILES string of the molecule is CCNc1cc(N(C)Cc2ccccc2)cc([N+](=O)[O-])c1. The molecule has 0 unspecified atom stereocenters. The third kappa shape index (κ3) is 3.95. The van der Waals surface area contributed by atoms with Crippen molar-refractivity contribution in [2.45, 2.75) is 13.5 Å². The van der Waals surface area contributed by atoms with Crippen molar-refractivity contribution < 1.29 is 4.92 Å². The highest BCUT2D eigenvalue weighted by Gasteiger charge is 2.12. The van der Waals surface area contributed by atoms with Gasteiger partial charge in [-0.2, -0.15) is 0 Å². The normalized spacial score (nSPS) is 10.2. The predicted octanol–water partition coefficient (Wildman–Crippen LogP) is 3.66. The lowest BCUT2D eigenvalue weighted by molar-refractivity contribution is -0.384. The van der Waals surface area contributed by atoms with Crippen LogP contribution in [0.4, 0.5) is 17.1 Å². The van der Waals surface area contributed by atoms with Crippen LogP contribution in [-0.2, 0) is 6.54 Å². The first-order valence-corrected chi connectivity index (χ1v) is 6.88. The molecule has 0 spiro atoms. The second-order valence-electron chi connectivity index (χ2n) is 4.87. The van der Waals surface area contributed by atoms with Crippen molar-refractivity contribution in [2.75, 3.05) is 23.8 Å². The Labute approximate surface area is 124 Å². The molecule has 0 aliphatic heterocycles. The van der Waals surface area contributed by atoms with Crippen LogP contribution in [0.2, 0.25) is 0 Å². The van der Waals surface area contributed by atoms with Crippen molar-refractivity contribution in [1.29, 1.82) is 0 Å². The fraction of sp³-hybridized carbons (Fsp3) is 0.250. The first kappa shape index (κ1) is 14.8. The summed E-state index contributed by atoms with van der Waals surface area (Å²) in [5, 5.41) is 14.2. The topological polar surface area (TPSA) is 58.4 Å². The Morgan fingerprint density at radius 2 is 1.90 bits per heavy atom. The van der Waals surface area contributed by atoms with E-state index in [1.54, 1.807) is 12.1 Å². The molecule has 0 bridgehead atoms. The molecule has 0 saturated carbocycles. The zero-order chi connectivity index (χ0) is 15.2. The average molecular weight is 285 g/mol. The largest absolute Gasteiger partial charge is 0.385 e. The van der Waals surface area contributed by atoms with E-state index in [9.17, 15) is 10.1 Å². The summed E-state index contributed by atoms with van der Waals surface area (Å²) >= 11 is 0. The lowest BCUT2D eigenvalue weighted by Crippen LogP contribution is -2.16. The maximum absolute atomic E-state index is 11.0. The summed E-state index contributed by atoms with van der Waals surface area (Å²) in [4.78, 5) is 12.7. The number of hydrogen-bond acceptors (Lipinski definition) is 4. The Kier molecular flexibility index (Phi) is 4.77. The molecule has 21 heavy (non-hydrogen) atoms. The van der Waals surface area contributed by atoms with E-state index in [1.165, 1.54) is 0 Å². The van der Waals surface area contributed by atoms with Gasteiger partial charge in [0.2, 0.25) is 0 Å². The van der Waals surface area contributed by atoms with Gasteiger partial charge in [-0.15, -0.1) is 0 Å². The van der Waals surface area contributed by atoms with Crippen molar-refractivity contribution in [3.8, 4) is 0 Å². The molecular weight excluding hydrogens is 266 g/mol. The third-order valence-corrected chi connectivity index (χ3v) is 3.20. The van der Waals surface area contributed by atoms with Crippen LogP contribution in [0, 0.1) is 10.1 Å². The van der Waals surface area contributed by atoms with Crippen molar-refractivity contribution >= 4 is 17.1 Å². The zero-order valence-corrected chi connectivity index (χ0v) is 12.2. The van der Waals surface area contributed by atoms with Crippen LogP contribution in [0.3, 0.4) is 0 Å². The molecule has 0 amide bonds. The number of rotatable bonds is 6. The van der Waals surface area contributed by atoms with Crippen LogP contribution in [-0.4, -0.2) is 18.5 Å². The highest BCUT2D eigenvalue weighted by atomic mass is 16.6. The lowest BCUT2D eigenvalue weighted by Gasteiger charge is -2.20. The van der Waals surface area contributed by atoms with Crippen molar-refractivity contribution in [3.05, 3.63) is 64.2 Å². The van der Waals surface area contributed by atoms with E-state index in [1.807, 2.05) is 55.3 Å². The van der Waals surface area contributed by atoms with Crippen LogP contribution >= 0.6 is 0 Å². The Morgan fingerprint density at radius 1 is 1.19 bits per heavy atom. The molecule has 0 aliphatic rings. The highest BCUT2D eigenvalue weighted by Crippen LogP contribution is 2.27. The second-order valence-corrected chi connectivity index (χ2v) is 4.87. The van der Waals surface area contributed by atoms with Crippen LogP contribution in [0.15, 0.2) is 48.5 Å². The van der Waals surface area contributed by atoms with E-state index in [0.29, 0.717) is 6.54 Å². The van der Waals surface area contributed by atoms with Gasteiger partial charge in [-0.25, -0.2) is 0 Å². The average Bonchev–Trinajstić information content (AvgIpc) is 2.48. The maximum Gasteiger partial charge on any atom is 0.273 e. The minimum absolute atomic E-state index is 0.100. The number of nitro groups is 1. The Morgan fingerprint density at radius 3 is 2.52 bits per heavy atom. The van der Waals surface area contributed by atoms with E-state index in [4.69, 9.17) is 0 Å². The van der Waals surface area contributed by atoms with Gasteiger partial charge >= 0.3 is 0 Å². The summed E-state index contributed by atoms with van der Waals surface area (Å²) in [5.74, 6) is 0. The molecule has 0 atom stereocenters. The summed E-state index contributed by atoms with van der Waals surface area (Å²) in [5.41, 5.74) is 2.85. The van der Waals surface area contributed by atoms with Crippen LogP contribution < -0.4 is 10.2 Å². The van der Waals surface area contributed by atoms with Gasteiger partial charge in [0.25, 0.3) is 5.69 Å². The smallest absolute Gasteiger partial charge is 0.273 e. The van der Waals surface area contributed by atoms with Gasteiger partial charge in [-0.1, -0.05) is 30.3 Å². The standard InChI is InChI=1S/C16H19N3O2/c1-3-17-14-9-15(11-16(10-14)19(20)21)18(2)12-13-7-5-4-6-8-13/h4-11,17H,3,12H2,1-2H3.